The van der Waals surface area contributed by atoms with E-state index in [0.29, 0.717) is 25.1 Å². The lowest BCUT2D eigenvalue weighted by molar-refractivity contribution is 0.0217. The Morgan fingerprint density at radius 2 is 2.14 bits per heavy atom. The summed E-state index contributed by atoms with van der Waals surface area (Å²) in [5.74, 6) is -0.245. The summed E-state index contributed by atoms with van der Waals surface area (Å²) in [6, 6.07) is 6.69. The largest absolute Gasteiger partial charge is 0.444 e. The molecule has 2 fully saturated rings. The number of fused-ring (bicyclic) bond motifs is 1. The van der Waals surface area contributed by atoms with Crippen LogP contribution in [-0.2, 0) is 15.1 Å². The van der Waals surface area contributed by atoms with Crippen LogP contribution in [0.1, 0.15) is 32.8 Å². The first-order chi connectivity index (χ1) is 9.82. The Labute approximate surface area is 123 Å². The zero-order valence-corrected chi connectivity index (χ0v) is 12.6. The minimum absolute atomic E-state index is 0.143. The van der Waals surface area contributed by atoms with E-state index in [4.69, 9.17) is 9.47 Å². The lowest BCUT2D eigenvalue weighted by Crippen LogP contribution is -2.44. The number of carbonyl (C=O) groups excluding carboxylic acids is 1. The normalized spacial score (nSPS) is 28.0. The highest BCUT2D eigenvalue weighted by atomic mass is 19.1. The maximum atomic E-state index is 13.9. The number of nitrogens with zero attached hydrogens (tertiary/aromatic N) is 1. The van der Waals surface area contributed by atoms with Crippen molar-refractivity contribution in [3.63, 3.8) is 0 Å². The van der Waals surface area contributed by atoms with Gasteiger partial charge in [0.2, 0.25) is 0 Å². The molecule has 5 heteroatoms. The summed E-state index contributed by atoms with van der Waals surface area (Å²) in [4.78, 5) is 13.7. The molecule has 0 spiro atoms. The highest BCUT2D eigenvalue weighted by Crippen LogP contribution is 2.52. The van der Waals surface area contributed by atoms with Crippen molar-refractivity contribution in [3.8, 4) is 0 Å². The second kappa shape index (κ2) is 4.70. The van der Waals surface area contributed by atoms with E-state index in [1.165, 1.54) is 6.07 Å². The van der Waals surface area contributed by atoms with E-state index in [1.807, 2.05) is 26.8 Å². The van der Waals surface area contributed by atoms with Gasteiger partial charge in [-0.15, -0.1) is 0 Å². The number of likely N-dealkylation sites (tertiary alicyclic amines) is 1. The molecular weight excluding hydrogens is 273 g/mol. The Bertz CT molecular complexity index is 569. The lowest BCUT2D eigenvalue weighted by atomic mass is 9.89. The van der Waals surface area contributed by atoms with E-state index in [-0.39, 0.29) is 18.0 Å². The molecule has 4 nitrogen and oxygen atoms in total. The van der Waals surface area contributed by atoms with Crippen molar-refractivity contribution < 1.29 is 18.7 Å². The molecule has 1 amide bonds. The number of rotatable bonds is 1. The quantitative estimate of drug-likeness (QED) is 0.747. The van der Waals surface area contributed by atoms with Crippen LogP contribution in [0.4, 0.5) is 9.18 Å². The third-order valence-corrected chi connectivity index (χ3v) is 3.94. The Morgan fingerprint density at radius 3 is 2.76 bits per heavy atom. The second-order valence-corrected chi connectivity index (χ2v) is 6.65. The zero-order valence-electron chi connectivity index (χ0n) is 12.6. The van der Waals surface area contributed by atoms with Gasteiger partial charge in [-0.3, -0.25) is 0 Å². The molecule has 0 radical (unpaired) electrons. The van der Waals surface area contributed by atoms with Crippen LogP contribution in [0.3, 0.4) is 0 Å². The van der Waals surface area contributed by atoms with Gasteiger partial charge >= 0.3 is 6.09 Å². The molecule has 114 valence electrons. The fraction of sp³-hybridized carbons (Fsp3) is 0.562. The minimum atomic E-state index is -0.552. The van der Waals surface area contributed by atoms with Gasteiger partial charge in [-0.05, 0) is 26.8 Å². The number of carbonyl (C=O) groups is 1. The molecule has 3 rings (SSSR count). The first-order valence-corrected chi connectivity index (χ1v) is 7.23. The van der Waals surface area contributed by atoms with Crippen LogP contribution in [0.2, 0.25) is 0 Å². The number of amides is 1. The number of halogens is 1. The van der Waals surface area contributed by atoms with Gasteiger partial charge in [0.05, 0.1) is 6.54 Å². The lowest BCUT2D eigenvalue weighted by Gasteiger charge is -2.31. The van der Waals surface area contributed by atoms with E-state index in [0.717, 1.165) is 0 Å². The maximum Gasteiger partial charge on any atom is 0.410 e. The summed E-state index contributed by atoms with van der Waals surface area (Å²) >= 11 is 0. The van der Waals surface area contributed by atoms with Crippen molar-refractivity contribution >= 4 is 6.09 Å². The smallest absolute Gasteiger partial charge is 0.410 e. The maximum absolute atomic E-state index is 13.9. The number of benzene rings is 1. The molecule has 0 unspecified atom stereocenters. The van der Waals surface area contributed by atoms with Gasteiger partial charge in [0, 0.05) is 18.5 Å². The molecule has 1 aromatic carbocycles. The average molecular weight is 293 g/mol. The summed E-state index contributed by atoms with van der Waals surface area (Å²) in [6.07, 6.45) is 0.119. The van der Waals surface area contributed by atoms with Gasteiger partial charge in [0.1, 0.15) is 23.1 Å². The Morgan fingerprint density at radius 1 is 1.43 bits per heavy atom. The van der Waals surface area contributed by atoms with Gasteiger partial charge in [0.25, 0.3) is 0 Å². The van der Waals surface area contributed by atoms with Crippen molar-refractivity contribution in [2.75, 3.05) is 13.1 Å². The van der Waals surface area contributed by atoms with Crippen LogP contribution < -0.4 is 0 Å². The fourth-order valence-electron chi connectivity index (χ4n) is 2.89. The van der Waals surface area contributed by atoms with Crippen molar-refractivity contribution in [1.29, 1.82) is 0 Å². The second-order valence-electron chi connectivity index (χ2n) is 6.65. The minimum Gasteiger partial charge on any atom is -0.444 e. The molecule has 2 saturated heterocycles. The summed E-state index contributed by atoms with van der Waals surface area (Å²) in [5, 5.41) is 0. The van der Waals surface area contributed by atoms with Crippen LogP contribution in [0.15, 0.2) is 24.3 Å². The fourth-order valence-corrected chi connectivity index (χ4v) is 2.89. The number of ether oxygens (including phenoxy) is 2. The van der Waals surface area contributed by atoms with Gasteiger partial charge in [-0.25, -0.2) is 9.18 Å². The molecule has 0 bridgehead atoms. The van der Waals surface area contributed by atoms with Crippen LogP contribution in [0.5, 0.6) is 0 Å². The van der Waals surface area contributed by atoms with Crippen LogP contribution in [-0.4, -0.2) is 35.8 Å². The number of piperidine rings is 1. The van der Waals surface area contributed by atoms with Crippen molar-refractivity contribution in [1.82, 2.24) is 4.90 Å². The van der Waals surface area contributed by atoms with Crippen molar-refractivity contribution in [2.45, 2.75) is 44.5 Å². The van der Waals surface area contributed by atoms with Crippen molar-refractivity contribution in [2.24, 2.45) is 0 Å². The monoisotopic (exact) mass is 293 g/mol. The molecular formula is C16H20FNO3. The van der Waals surface area contributed by atoms with E-state index >= 15 is 0 Å². The van der Waals surface area contributed by atoms with Crippen LogP contribution >= 0.6 is 0 Å². The SMILES string of the molecule is CC(C)(C)OC(=O)N1CC[C@@]2(c3ccccc3F)O[C@H]2C1. The molecule has 0 aromatic heterocycles. The first kappa shape index (κ1) is 14.3. The highest BCUT2D eigenvalue weighted by molar-refractivity contribution is 5.68. The van der Waals surface area contributed by atoms with E-state index in [9.17, 15) is 9.18 Å². The standard InChI is InChI=1S/C16H20FNO3/c1-15(2,3)21-14(19)18-9-8-16(13(10-18)20-16)11-6-4-5-7-12(11)17/h4-7,13H,8-10H2,1-3H3/t13-,16-/m0/s1. The predicted octanol–water partition coefficient (Wildman–Crippen LogP) is 3.06. The number of hydrogen-bond acceptors (Lipinski definition) is 3. The highest BCUT2D eigenvalue weighted by Gasteiger charge is 2.61. The van der Waals surface area contributed by atoms with Crippen LogP contribution in [0, 0.1) is 5.82 Å². The molecule has 2 heterocycles. The molecule has 0 saturated carbocycles. The van der Waals surface area contributed by atoms with Gasteiger partial charge < -0.3 is 14.4 Å². The molecule has 2 aliphatic heterocycles. The third kappa shape index (κ3) is 2.62. The Kier molecular flexibility index (Phi) is 3.20. The number of epoxide rings is 1. The topological polar surface area (TPSA) is 42.1 Å². The molecule has 0 N–H and O–H groups in total. The van der Waals surface area contributed by atoms with Crippen LogP contribution in [0.25, 0.3) is 0 Å². The summed E-state index contributed by atoms with van der Waals surface area (Å²) in [5.41, 5.74) is -0.468. The molecule has 21 heavy (non-hydrogen) atoms. The zero-order chi connectivity index (χ0) is 15.3. The van der Waals surface area contributed by atoms with E-state index in [1.54, 1.807) is 17.0 Å². The predicted molar refractivity (Wildman–Crippen MR) is 75.4 cm³/mol. The number of hydrogen-bond donors (Lipinski definition) is 0. The van der Waals surface area contributed by atoms with Crippen molar-refractivity contribution in [3.05, 3.63) is 35.6 Å². The van der Waals surface area contributed by atoms with Gasteiger partial charge in [0.15, 0.2) is 0 Å². The molecule has 0 aliphatic carbocycles. The average Bonchev–Trinajstić information content (AvgIpc) is 3.11. The third-order valence-electron chi connectivity index (χ3n) is 3.94. The summed E-state index contributed by atoms with van der Waals surface area (Å²) < 4.78 is 25.1. The molecule has 1 aromatic rings. The first-order valence-electron chi connectivity index (χ1n) is 7.23. The Balaban J connectivity index is 1.69. The van der Waals surface area contributed by atoms with E-state index < -0.39 is 11.2 Å². The summed E-state index contributed by atoms with van der Waals surface area (Å²) in [7, 11) is 0. The molecule has 2 aliphatic rings. The molecule has 2 atom stereocenters. The van der Waals surface area contributed by atoms with E-state index in [2.05, 4.69) is 0 Å². The van der Waals surface area contributed by atoms with Gasteiger partial charge in [-0.2, -0.15) is 0 Å². The Hall–Kier alpha value is -1.62. The van der Waals surface area contributed by atoms with Gasteiger partial charge in [-0.1, -0.05) is 18.2 Å². The summed E-state index contributed by atoms with van der Waals surface area (Å²) in [6.45, 7) is 6.48.